The molecule has 0 aromatic heterocycles. The number of amides is 3. The predicted molar refractivity (Wildman–Crippen MR) is 91.8 cm³/mol. The first kappa shape index (κ1) is 16.0. The van der Waals surface area contributed by atoms with Gasteiger partial charge in [0, 0.05) is 43.9 Å². The minimum absolute atomic E-state index is 0.0773. The van der Waals surface area contributed by atoms with Crippen LogP contribution in [0.3, 0.4) is 0 Å². The molecule has 0 spiro atoms. The van der Waals surface area contributed by atoms with Gasteiger partial charge in [0.15, 0.2) is 12.8 Å². The number of carbonyl (C=O) groups is 3. The third-order valence-corrected chi connectivity index (χ3v) is 5.04. The van der Waals surface area contributed by atoms with E-state index in [2.05, 4.69) is 21.6 Å². The number of fused-ring (bicyclic) bond motifs is 1. The zero-order chi connectivity index (χ0) is 17.4. The fraction of sp³-hybridized carbons (Fsp3) is 0.444. The average Bonchev–Trinajstić information content (AvgIpc) is 2.93. The lowest BCUT2D eigenvalue weighted by molar-refractivity contribution is -0.434. The van der Waals surface area contributed by atoms with Crippen molar-refractivity contribution in [2.75, 3.05) is 31.1 Å². The molecule has 3 aliphatic heterocycles. The molecule has 25 heavy (non-hydrogen) atoms. The second kappa shape index (κ2) is 6.40. The van der Waals surface area contributed by atoms with Crippen LogP contribution < -0.4 is 15.5 Å². The Morgan fingerprint density at radius 3 is 2.72 bits per heavy atom. The number of nitrogens with zero attached hydrogens (tertiary/aromatic N) is 2. The van der Waals surface area contributed by atoms with Crippen molar-refractivity contribution < 1.29 is 19.0 Å². The summed E-state index contributed by atoms with van der Waals surface area (Å²) >= 11 is 0. The Balaban J connectivity index is 1.55. The van der Waals surface area contributed by atoms with E-state index in [9.17, 15) is 14.4 Å². The first-order valence-electron chi connectivity index (χ1n) is 8.70. The van der Waals surface area contributed by atoms with E-state index in [1.165, 1.54) is 0 Å². The number of carbonyl (C=O) groups excluding carboxylic acids is 3. The fourth-order valence-corrected chi connectivity index (χ4v) is 3.64. The Morgan fingerprint density at radius 1 is 1.16 bits per heavy atom. The van der Waals surface area contributed by atoms with Crippen LogP contribution in [0.5, 0.6) is 0 Å². The number of imide groups is 1. The van der Waals surface area contributed by atoms with E-state index < -0.39 is 5.92 Å². The summed E-state index contributed by atoms with van der Waals surface area (Å²) in [6.45, 7) is 4.32. The van der Waals surface area contributed by atoms with Crippen LogP contribution in [0.4, 0.5) is 5.69 Å². The second-order valence-corrected chi connectivity index (χ2v) is 6.72. The zero-order valence-corrected chi connectivity index (χ0v) is 14.0. The third kappa shape index (κ3) is 3.07. The highest BCUT2D eigenvalue weighted by atomic mass is 16.2. The number of hydrogen-bond donors (Lipinski definition) is 2. The van der Waals surface area contributed by atoms with Gasteiger partial charge in [-0.05, 0) is 24.6 Å². The molecule has 1 aromatic carbocycles. The molecule has 3 amide bonds. The van der Waals surface area contributed by atoms with E-state index in [0.717, 1.165) is 37.4 Å². The summed E-state index contributed by atoms with van der Waals surface area (Å²) in [5, 5.41) is 5.66. The van der Waals surface area contributed by atoms with Crippen molar-refractivity contribution in [1.82, 2.24) is 10.6 Å². The maximum Gasteiger partial charge on any atom is 0.419 e. The molecule has 1 atom stereocenters. The summed E-state index contributed by atoms with van der Waals surface area (Å²) < 4.78 is 1.60. The molecule has 0 saturated carbocycles. The SMILES string of the molecule is O=C1CCC(/C=[N+]2\Cc3cc(N4CCNCC4)ccc3C2=O)C(=O)N1. The topological polar surface area (TPSA) is 81.5 Å². The highest BCUT2D eigenvalue weighted by molar-refractivity contribution is 6.05. The van der Waals surface area contributed by atoms with E-state index in [-0.39, 0.29) is 17.7 Å². The van der Waals surface area contributed by atoms with Crippen LogP contribution in [0.15, 0.2) is 18.2 Å². The summed E-state index contributed by atoms with van der Waals surface area (Å²) in [5.41, 5.74) is 2.82. The molecule has 1 aromatic rings. The van der Waals surface area contributed by atoms with Crippen LogP contribution in [0, 0.1) is 5.92 Å². The van der Waals surface area contributed by atoms with Crippen LogP contribution in [0.1, 0.15) is 28.8 Å². The van der Waals surface area contributed by atoms with E-state index >= 15 is 0 Å². The monoisotopic (exact) mass is 341 g/mol. The van der Waals surface area contributed by atoms with Crippen molar-refractivity contribution in [2.45, 2.75) is 19.4 Å². The lowest BCUT2D eigenvalue weighted by Crippen LogP contribution is -2.43. The molecule has 2 fully saturated rings. The zero-order valence-electron chi connectivity index (χ0n) is 14.0. The van der Waals surface area contributed by atoms with E-state index in [4.69, 9.17) is 0 Å². The predicted octanol–water partition coefficient (Wildman–Crippen LogP) is -0.114. The fourth-order valence-electron chi connectivity index (χ4n) is 3.64. The second-order valence-electron chi connectivity index (χ2n) is 6.72. The van der Waals surface area contributed by atoms with Gasteiger partial charge in [-0.2, -0.15) is 4.58 Å². The maximum absolute atomic E-state index is 12.6. The molecular weight excluding hydrogens is 320 g/mol. The summed E-state index contributed by atoms with van der Waals surface area (Å²) in [6.07, 6.45) is 2.44. The maximum atomic E-state index is 12.6. The van der Waals surface area contributed by atoms with Gasteiger partial charge in [-0.15, -0.1) is 0 Å². The number of anilines is 1. The van der Waals surface area contributed by atoms with Crippen LogP contribution >= 0.6 is 0 Å². The van der Waals surface area contributed by atoms with Gasteiger partial charge < -0.3 is 10.2 Å². The van der Waals surface area contributed by atoms with Gasteiger partial charge in [-0.1, -0.05) is 0 Å². The Hall–Kier alpha value is -2.54. The van der Waals surface area contributed by atoms with Gasteiger partial charge in [0.05, 0.1) is 0 Å². The first-order valence-corrected chi connectivity index (χ1v) is 8.70. The molecular formula is C18H21N4O3+. The van der Waals surface area contributed by atoms with Gasteiger partial charge in [0.2, 0.25) is 11.8 Å². The molecule has 0 bridgehead atoms. The van der Waals surface area contributed by atoms with Gasteiger partial charge in [0.1, 0.15) is 11.5 Å². The molecule has 0 radical (unpaired) electrons. The molecule has 2 saturated heterocycles. The highest BCUT2D eigenvalue weighted by Gasteiger charge is 2.36. The minimum atomic E-state index is -0.427. The van der Waals surface area contributed by atoms with E-state index in [1.54, 1.807) is 10.8 Å². The number of rotatable bonds is 2. The van der Waals surface area contributed by atoms with Crippen LogP contribution in [0.2, 0.25) is 0 Å². The smallest absolute Gasteiger partial charge is 0.369 e. The molecule has 4 rings (SSSR count). The van der Waals surface area contributed by atoms with Crippen molar-refractivity contribution in [3.63, 3.8) is 0 Å². The molecule has 1 unspecified atom stereocenters. The molecule has 7 nitrogen and oxygen atoms in total. The number of nitrogens with one attached hydrogen (secondary N) is 2. The quantitative estimate of drug-likeness (QED) is 0.579. The van der Waals surface area contributed by atoms with Gasteiger partial charge in [0.25, 0.3) is 0 Å². The van der Waals surface area contributed by atoms with Crippen LogP contribution in [0.25, 0.3) is 0 Å². The van der Waals surface area contributed by atoms with Crippen molar-refractivity contribution in [1.29, 1.82) is 0 Å². The lowest BCUT2D eigenvalue weighted by atomic mass is 9.99. The minimum Gasteiger partial charge on any atom is -0.369 e. The molecule has 3 aliphatic rings. The number of benzene rings is 1. The normalized spacial score (nSPS) is 25.3. The molecule has 130 valence electrons. The molecule has 2 N–H and O–H groups in total. The van der Waals surface area contributed by atoms with Crippen molar-refractivity contribution in [3.8, 4) is 0 Å². The van der Waals surface area contributed by atoms with Crippen molar-refractivity contribution in [2.24, 2.45) is 5.92 Å². The standard InChI is InChI=1S/C18H20N4O3/c23-16-4-1-12(17(24)20-16)10-22-11-13-9-14(2-3-15(13)18(22)25)21-7-5-19-6-8-21/h2-3,9-10,12,19H,1,4-8,11H2/p+1/b22-10+. The van der Waals surface area contributed by atoms with Crippen LogP contribution in [-0.2, 0) is 16.1 Å². The van der Waals surface area contributed by atoms with E-state index in [1.807, 2.05) is 12.1 Å². The van der Waals surface area contributed by atoms with Gasteiger partial charge in [-0.25, -0.2) is 4.79 Å². The van der Waals surface area contributed by atoms with E-state index in [0.29, 0.717) is 24.9 Å². The third-order valence-electron chi connectivity index (χ3n) is 5.04. The lowest BCUT2D eigenvalue weighted by Gasteiger charge is -2.29. The van der Waals surface area contributed by atoms with Crippen molar-refractivity contribution in [3.05, 3.63) is 29.3 Å². The van der Waals surface area contributed by atoms with Gasteiger partial charge >= 0.3 is 5.91 Å². The summed E-state index contributed by atoms with van der Waals surface area (Å²) in [7, 11) is 0. The average molecular weight is 341 g/mol. The van der Waals surface area contributed by atoms with Crippen molar-refractivity contribution >= 4 is 29.6 Å². The Morgan fingerprint density at radius 2 is 1.96 bits per heavy atom. The Bertz CT molecular complexity index is 781. The summed E-state index contributed by atoms with van der Waals surface area (Å²) in [5.74, 6) is -1.07. The largest absolute Gasteiger partial charge is 0.419 e. The summed E-state index contributed by atoms with van der Waals surface area (Å²) in [4.78, 5) is 38.1. The molecule has 3 heterocycles. The Labute approximate surface area is 145 Å². The van der Waals surface area contributed by atoms with Crippen LogP contribution in [-0.4, -0.2) is 54.7 Å². The number of hydrogen-bond acceptors (Lipinski definition) is 5. The number of piperazine rings is 1. The molecule has 0 aliphatic carbocycles. The van der Waals surface area contributed by atoms with Gasteiger partial charge in [-0.3, -0.25) is 14.9 Å². The first-order chi connectivity index (χ1) is 12.1. The number of piperidine rings is 1. The summed E-state index contributed by atoms with van der Waals surface area (Å²) in [6, 6.07) is 5.96. The molecule has 7 heteroatoms. The highest BCUT2D eigenvalue weighted by Crippen LogP contribution is 2.26. The Kier molecular flexibility index (Phi) is 4.09.